The number of H-pyrrole nitrogens is 1. The van der Waals surface area contributed by atoms with Crippen LogP contribution in [0.5, 0.6) is 0 Å². The van der Waals surface area contributed by atoms with Crippen LogP contribution in [0.1, 0.15) is 37.8 Å². The van der Waals surface area contributed by atoms with Crippen molar-refractivity contribution in [1.29, 1.82) is 5.26 Å². The molecule has 0 aliphatic heterocycles. The largest absolute Gasteiger partial charge is 0.421 e. The summed E-state index contributed by atoms with van der Waals surface area (Å²) < 4.78 is 40.9. The summed E-state index contributed by atoms with van der Waals surface area (Å²) >= 11 is 0. The van der Waals surface area contributed by atoms with Gasteiger partial charge in [-0.1, -0.05) is 12.1 Å². The van der Waals surface area contributed by atoms with Crippen LogP contribution in [-0.2, 0) is 5.60 Å². The van der Waals surface area contributed by atoms with E-state index in [0.29, 0.717) is 23.5 Å². The van der Waals surface area contributed by atoms with Gasteiger partial charge in [0.25, 0.3) is 5.56 Å². The number of nitrogens with zero attached hydrogens (tertiary/aromatic N) is 3. The molecule has 1 aliphatic rings. The van der Waals surface area contributed by atoms with Crippen molar-refractivity contribution in [1.82, 2.24) is 14.8 Å². The lowest BCUT2D eigenvalue weighted by molar-refractivity contribution is -0.258. The van der Waals surface area contributed by atoms with Crippen molar-refractivity contribution in [3.63, 3.8) is 0 Å². The average Bonchev–Trinajstić information content (AvgIpc) is 3.32. The summed E-state index contributed by atoms with van der Waals surface area (Å²) in [6.07, 6.45) is -0.895. The monoisotopic (exact) mass is 431 g/mol. The fourth-order valence-corrected chi connectivity index (χ4v) is 4.00. The maximum Gasteiger partial charge on any atom is 0.421 e. The summed E-state index contributed by atoms with van der Waals surface area (Å²) in [5.41, 5.74) is -2.67. The van der Waals surface area contributed by atoms with Crippen LogP contribution in [0.15, 0.2) is 41.3 Å². The molecule has 2 heterocycles. The predicted octanol–water partition coefficient (Wildman–Crippen LogP) is 4.10. The maximum absolute atomic E-state index is 13.1. The Labute approximate surface area is 175 Å². The van der Waals surface area contributed by atoms with Gasteiger partial charge in [0, 0.05) is 11.9 Å². The first-order chi connectivity index (χ1) is 14.6. The standard InChI is InChI=1S/C21H20F3N5O2/c1-20(31,21(22,23)24)13-5-7-14(8-6-13)27-18-17-16(9-10-26-19(17)30)29(28-18)15-4-2-3-12(15)11-25/h5-10,12,15,31H,2-4H2,1H3,(H,26,30)(H,27,28). The van der Waals surface area contributed by atoms with Crippen LogP contribution in [0, 0.1) is 17.2 Å². The first-order valence-corrected chi connectivity index (χ1v) is 9.79. The first-order valence-electron chi connectivity index (χ1n) is 9.79. The molecule has 1 aliphatic carbocycles. The number of alkyl halides is 3. The lowest BCUT2D eigenvalue weighted by Crippen LogP contribution is -2.39. The van der Waals surface area contributed by atoms with Gasteiger partial charge in [0.15, 0.2) is 11.4 Å². The lowest BCUT2D eigenvalue weighted by Gasteiger charge is -2.26. The average molecular weight is 431 g/mol. The molecular formula is C21H20F3N5O2. The van der Waals surface area contributed by atoms with E-state index in [1.807, 2.05) is 0 Å². The number of pyridine rings is 1. The number of benzene rings is 1. The second-order valence-corrected chi connectivity index (χ2v) is 7.87. The Bertz CT molecular complexity index is 1200. The Morgan fingerprint density at radius 3 is 2.61 bits per heavy atom. The molecule has 162 valence electrons. The van der Waals surface area contributed by atoms with Gasteiger partial charge in [-0.25, -0.2) is 0 Å². The van der Waals surface area contributed by atoms with Crippen molar-refractivity contribution in [2.75, 3.05) is 5.32 Å². The highest BCUT2D eigenvalue weighted by atomic mass is 19.4. The summed E-state index contributed by atoms with van der Waals surface area (Å²) in [6.45, 7) is 0.692. The number of halogens is 3. The third-order valence-electron chi connectivity index (χ3n) is 5.85. The zero-order valence-corrected chi connectivity index (χ0v) is 16.6. The van der Waals surface area contributed by atoms with E-state index < -0.39 is 11.8 Å². The normalized spacial score (nSPS) is 21.0. The molecular weight excluding hydrogens is 411 g/mol. The minimum atomic E-state index is -4.82. The van der Waals surface area contributed by atoms with E-state index in [4.69, 9.17) is 0 Å². The molecule has 1 saturated carbocycles. The van der Waals surface area contributed by atoms with E-state index in [9.17, 15) is 28.3 Å². The number of hydrogen-bond acceptors (Lipinski definition) is 5. The van der Waals surface area contributed by atoms with E-state index in [0.717, 1.165) is 19.3 Å². The van der Waals surface area contributed by atoms with Gasteiger partial charge in [0.1, 0.15) is 5.39 Å². The number of hydrogen-bond donors (Lipinski definition) is 3. The van der Waals surface area contributed by atoms with Crippen molar-refractivity contribution < 1.29 is 18.3 Å². The number of aromatic nitrogens is 3. The van der Waals surface area contributed by atoms with Crippen LogP contribution >= 0.6 is 0 Å². The molecule has 3 aromatic rings. The Balaban J connectivity index is 1.71. The molecule has 2 aromatic heterocycles. The van der Waals surface area contributed by atoms with E-state index in [1.54, 1.807) is 10.7 Å². The zero-order chi connectivity index (χ0) is 22.4. The van der Waals surface area contributed by atoms with Gasteiger partial charge in [-0.2, -0.15) is 23.5 Å². The number of fused-ring (bicyclic) bond motifs is 1. The van der Waals surface area contributed by atoms with E-state index in [1.165, 1.54) is 30.5 Å². The topological polar surface area (TPSA) is 107 Å². The Morgan fingerprint density at radius 2 is 1.97 bits per heavy atom. The second-order valence-electron chi connectivity index (χ2n) is 7.87. The zero-order valence-electron chi connectivity index (χ0n) is 16.6. The number of rotatable bonds is 4. The Morgan fingerprint density at radius 1 is 1.26 bits per heavy atom. The summed E-state index contributed by atoms with van der Waals surface area (Å²) in [5, 5.41) is 27.1. The highest BCUT2D eigenvalue weighted by Crippen LogP contribution is 2.40. The highest BCUT2D eigenvalue weighted by molar-refractivity contribution is 5.91. The minimum Gasteiger partial charge on any atom is -0.376 e. The SMILES string of the molecule is CC(O)(c1ccc(Nc2nn(C3CCCC3C#N)c3cc[nH]c(=O)c23)cc1)C(F)(F)F. The van der Waals surface area contributed by atoms with Crippen LogP contribution in [-0.4, -0.2) is 26.0 Å². The van der Waals surface area contributed by atoms with Gasteiger partial charge in [-0.15, -0.1) is 0 Å². The van der Waals surface area contributed by atoms with Crippen LogP contribution in [0.25, 0.3) is 10.9 Å². The first kappa shape index (κ1) is 20.9. The molecule has 0 bridgehead atoms. The maximum atomic E-state index is 13.1. The third kappa shape index (κ3) is 3.55. The molecule has 0 amide bonds. The molecule has 1 fully saturated rings. The van der Waals surface area contributed by atoms with E-state index in [-0.39, 0.29) is 28.9 Å². The molecule has 1 aromatic carbocycles. The number of nitriles is 1. The molecule has 0 spiro atoms. The van der Waals surface area contributed by atoms with Crippen molar-refractivity contribution in [2.24, 2.45) is 5.92 Å². The molecule has 7 nitrogen and oxygen atoms in total. The summed E-state index contributed by atoms with van der Waals surface area (Å²) in [4.78, 5) is 15.1. The molecule has 0 saturated heterocycles. The van der Waals surface area contributed by atoms with Crippen molar-refractivity contribution in [3.05, 3.63) is 52.4 Å². The van der Waals surface area contributed by atoms with Gasteiger partial charge in [0.05, 0.1) is 23.5 Å². The molecule has 3 unspecified atom stereocenters. The molecule has 10 heteroatoms. The number of aromatic amines is 1. The van der Waals surface area contributed by atoms with Crippen LogP contribution in [0.3, 0.4) is 0 Å². The Hall–Kier alpha value is -3.32. The van der Waals surface area contributed by atoms with Crippen molar-refractivity contribution in [2.45, 2.75) is 44.0 Å². The number of anilines is 2. The lowest BCUT2D eigenvalue weighted by atomic mass is 9.95. The molecule has 0 radical (unpaired) electrons. The fourth-order valence-electron chi connectivity index (χ4n) is 4.00. The summed E-state index contributed by atoms with van der Waals surface area (Å²) in [6, 6.07) is 8.95. The van der Waals surface area contributed by atoms with E-state index >= 15 is 0 Å². The number of nitrogens with one attached hydrogen (secondary N) is 2. The van der Waals surface area contributed by atoms with Gasteiger partial charge >= 0.3 is 6.18 Å². The van der Waals surface area contributed by atoms with Crippen LogP contribution in [0.2, 0.25) is 0 Å². The quantitative estimate of drug-likeness (QED) is 0.577. The Kier molecular flexibility index (Phi) is 5.01. The van der Waals surface area contributed by atoms with Crippen LogP contribution < -0.4 is 10.9 Å². The second kappa shape index (κ2) is 7.42. The number of aliphatic hydroxyl groups is 1. The van der Waals surface area contributed by atoms with E-state index in [2.05, 4.69) is 21.5 Å². The minimum absolute atomic E-state index is 0.158. The molecule has 4 rings (SSSR count). The summed E-state index contributed by atoms with van der Waals surface area (Å²) in [7, 11) is 0. The summed E-state index contributed by atoms with van der Waals surface area (Å²) in [5.74, 6) is 0.0369. The van der Waals surface area contributed by atoms with Gasteiger partial charge < -0.3 is 15.4 Å². The predicted molar refractivity (Wildman–Crippen MR) is 108 cm³/mol. The third-order valence-corrected chi connectivity index (χ3v) is 5.85. The molecule has 3 N–H and O–H groups in total. The van der Waals surface area contributed by atoms with Crippen LogP contribution in [0.4, 0.5) is 24.7 Å². The molecule has 3 atom stereocenters. The van der Waals surface area contributed by atoms with Gasteiger partial charge in [-0.05, 0) is 49.9 Å². The van der Waals surface area contributed by atoms with Gasteiger partial charge in [-0.3, -0.25) is 9.48 Å². The molecule has 31 heavy (non-hydrogen) atoms. The fraction of sp³-hybridized carbons (Fsp3) is 0.381. The van der Waals surface area contributed by atoms with Gasteiger partial charge in [0.2, 0.25) is 0 Å². The van der Waals surface area contributed by atoms with Crippen molar-refractivity contribution in [3.8, 4) is 6.07 Å². The smallest absolute Gasteiger partial charge is 0.376 e. The van der Waals surface area contributed by atoms with Crippen molar-refractivity contribution >= 4 is 22.4 Å². The highest BCUT2D eigenvalue weighted by Gasteiger charge is 2.51.